The second kappa shape index (κ2) is 6.90. The molecule has 1 N–H and O–H groups in total. The largest absolute Gasteiger partial charge is 0.315 e. The molecule has 1 rings (SSSR count). The van der Waals surface area contributed by atoms with Gasteiger partial charge in [-0.25, -0.2) is 8.42 Å². The third-order valence-electron chi connectivity index (χ3n) is 2.77. The zero-order valence-corrected chi connectivity index (χ0v) is 12.3. The maximum Gasteiger partial charge on any atom is 0.178 e. The first-order valence-electron chi connectivity index (χ1n) is 6.44. The summed E-state index contributed by atoms with van der Waals surface area (Å²) < 4.78 is 24.0. The third-order valence-corrected chi connectivity index (χ3v) is 4.59. The molecule has 0 fully saturated rings. The molecule has 0 aromatic heterocycles. The Balaban J connectivity index is 2.43. The van der Waals surface area contributed by atoms with Crippen LogP contribution >= 0.6 is 0 Å². The van der Waals surface area contributed by atoms with Crippen molar-refractivity contribution < 1.29 is 8.42 Å². The highest BCUT2D eigenvalue weighted by atomic mass is 32.2. The number of nitrogens with one attached hydrogen (secondary N) is 1. The van der Waals surface area contributed by atoms with Crippen molar-refractivity contribution in [3.63, 3.8) is 0 Å². The summed E-state index contributed by atoms with van der Waals surface area (Å²) in [6, 6.07) is 7.52. The van der Waals surface area contributed by atoms with Gasteiger partial charge in [0.25, 0.3) is 0 Å². The summed E-state index contributed by atoms with van der Waals surface area (Å²) in [5, 5.41) is 3.28. The number of hydrogen-bond donors (Lipinski definition) is 1. The van der Waals surface area contributed by atoms with Gasteiger partial charge in [-0.3, -0.25) is 0 Å². The maximum absolute atomic E-state index is 12.0. The highest BCUT2D eigenvalue weighted by Crippen LogP contribution is 2.13. The Bertz CT molecular complexity index is 449. The molecule has 0 aliphatic heterocycles. The van der Waals surface area contributed by atoms with Crippen molar-refractivity contribution in [1.29, 1.82) is 0 Å². The van der Waals surface area contributed by atoms with Crippen LogP contribution < -0.4 is 5.32 Å². The Morgan fingerprint density at radius 3 is 2.28 bits per heavy atom. The summed E-state index contributed by atoms with van der Waals surface area (Å²) in [6.45, 7) is 7.00. The Labute approximate surface area is 111 Å². The fourth-order valence-corrected chi connectivity index (χ4v) is 3.04. The van der Waals surface area contributed by atoms with Crippen LogP contribution in [0.25, 0.3) is 0 Å². The number of aryl methyl sites for hydroxylation is 1. The van der Waals surface area contributed by atoms with Gasteiger partial charge >= 0.3 is 0 Å². The van der Waals surface area contributed by atoms with E-state index in [-0.39, 0.29) is 5.75 Å². The molecule has 102 valence electrons. The van der Waals surface area contributed by atoms with Gasteiger partial charge in [0.05, 0.1) is 10.6 Å². The number of hydrogen-bond acceptors (Lipinski definition) is 3. The number of benzene rings is 1. The van der Waals surface area contributed by atoms with E-state index in [9.17, 15) is 8.42 Å². The first kappa shape index (κ1) is 15.2. The van der Waals surface area contributed by atoms with Crippen LogP contribution in [0.3, 0.4) is 0 Å². The van der Waals surface area contributed by atoms with Crippen molar-refractivity contribution in [3.05, 3.63) is 29.8 Å². The van der Waals surface area contributed by atoms with E-state index in [1.165, 1.54) is 0 Å². The van der Waals surface area contributed by atoms with Crippen molar-refractivity contribution in [3.8, 4) is 0 Å². The van der Waals surface area contributed by atoms with Gasteiger partial charge in [0.2, 0.25) is 0 Å². The van der Waals surface area contributed by atoms with Gasteiger partial charge in [-0.15, -0.1) is 0 Å². The van der Waals surface area contributed by atoms with Gasteiger partial charge in [0.1, 0.15) is 0 Å². The van der Waals surface area contributed by atoms with E-state index >= 15 is 0 Å². The summed E-state index contributed by atoms with van der Waals surface area (Å²) >= 11 is 0. The SMILES string of the molecule is Cc1ccc(S(=O)(=O)CCCCNC(C)C)cc1. The molecule has 18 heavy (non-hydrogen) atoms. The predicted octanol–water partition coefficient (Wildman–Crippen LogP) is 2.55. The predicted molar refractivity (Wildman–Crippen MR) is 75.6 cm³/mol. The molecule has 0 amide bonds. The summed E-state index contributed by atoms with van der Waals surface area (Å²) in [4.78, 5) is 0.435. The van der Waals surface area contributed by atoms with Crippen LogP contribution in [0.1, 0.15) is 32.3 Å². The van der Waals surface area contributed by atoms with Crippen molar-refractivity contribution in [2.75, 3.05) is 12.3 Å². The van der Waals surface area contributed by atoms with Gasteiger partial charge in [-0.2, -0.15) is 0 Å². The van der Waals surface area contributed by atoms with E-state index in [1.807, 2.05) is 19.1 Å². The van der Waals surface area contributed by atoms with E-state index in [4.69, 9.17) is 0 Å². The fourth-order valence-electron chi connectivity index (χ4n) is 1.67. The second-order valence-corrected chi connectivity index (χ2v) is 7.06. The molecule has 0 saturated carbocycles. The molecule has 0 heterocycles. The topological polar surface area (TPSA) is 46.2 Å². The lowest BCUT2D eigenvalue weighted by atomic mass is 10.2. The lowest BCUT2D eigenvalue weighted by Crippen LogP contribution is -2.24. The van der Waals surface area contributed by atoms with E-state index in [0.29, 0.717) is 17.4 Å². The minimum Gasteiger partial charge on any atom is -0.315 e. The van der Waals surface area contributed by atoms with E-state index in [0.717, 1.165) is 18.5 Å². The molecule has 0 spiro atoms. The van der Waals surface area contributed by atoms with E-state index in [2.05, 4.69) is 19.2 Å². The molecular formula is C14H23NO2S. The van der Waals surface area contributed by atoms with Crippen molar-refractivity contribution in [1.82, 2.24) is 5.32 Å². The lowest BCUT2D eigenvalue weighted by Gasteiger charge is -2.08. The number of unbranched alkanes of at least 4 members (excludes halogenated alkanes) is 1. The van der Waals surface area contributed by atoms with Crippen molar-refractivity contribution >= 4 is 9.84 Å². The first-order chi connectivity index (χ1) is 8.42. The summed E-state index contributed by atoms with van der Waals surface area (Å²) in [5.74, 6) is 0.232. The summed E-state index contributed by atoms with van der Waals surface area (Å²) in [7, 11) is -3.11. The first-order valence-corrected chi connectivity index (χ1v) is 8.10. The maximum atomic E-state index is 12.0. The minimum absolute atomic E-state index is 0.232. The van der Waals surface area contributed by atoms with Crippen LogP contribution in [-0.2, 0) is 9.84 Å². The normalized spacial score (nSPS) is 12.0. The monoisotopic (exact) mass is 269 g/mol. The molecule has 0 aliphatic rings. The molecule has 0 bridgehead atoms. The highest BCUT2D eigenvalue weighted by molar-refractivity contribution is 7.91. The average Bonchev–Trinajstić information content (AvgIpc) is 2.28. The zero-order chi connectivity index (χ0) is 13.6. The van der Waals surface area contributed by atoms with Crippen LogP contribution in [0.15, 0.2) is 29.2 Å². The smallest absolute Gasteiger partial charge is 0.178 e. The Hall–Kier alpha value is -0.870. The van der Waals surface area contributed by atoms with Crippen molar-refractivity contribution in [2.45, 2.75) is 44.6 Å². The second-order valence-electron chi connectivity index (χ2n) is 4.95. The van der Waals surface area contributed by atoms with Gasteiger partial charge in [-0.05, 0) is 38.4 Å². The molecule has 0 unspecified atom stereocenters. The molecular weight excluding hydrogens is 246 g/mol. The summed E-state index contributed by atoms with van der Waals surface area (Å²) in [6.07, 6.45) is 1.60. The van der Waals surface area contributed by atoms with Crippen LogP contribution in [0, 0.1) is 6.92 Å². The number of rotatable bonds is 7. The molecule has 1 aromatic carbocycles. The molecule has 0 radical (unpaired) electrons. The van der Waals surface area contributed by atoms with Crippen LogP contribution in [0.2, 0.25) is 0 Å². The Morgan fingerprint density at radius 2 is 1.72 bits per heavy atom. The standard InChI is InChI=1S/C14H23NO2S/c1-12(2)15-10-4-5-11-18(16,17)14-8-6-13(3)7-9-14/h6-9,12,15H,4-5,10-11H2,1-3H3. The lowest BCUT2D eigenvalue weighted by molar-refractivity contribution is 0.560. The molecule has 0 atom stereocenters. The summed E-state index contributed by atoms with van der Waals surface area (Å²) in [5.41, 5.74) is 1.08. The van der Waals surface area contributed by atoms with Gasteiger partial charge in [-0.1, -0.05) is 31.5 Å². The minimum atomic E-state index is -3.11. The molecule has 4 heteroatoms. The zero-order valence-electron chi connectivity index (χ0n) is 11.4. The Kier molecular flexibility index (Phi) is 5.82. The number of sulfone groups is 1. The molecule has 0 saturated heterocycles. The third kappa shape index (κ3) is 5.19. The fraction of sp³-hybridized carbons (Fsp3) is 0.571. The van der Waals surface area contributed by atoms with E-state index < -0.39 is 9.84 Å². The highest BCUT2D eigenvalue weighted by Gasteiger charge is 2.13. The van der Waals surface area contributed by atoms with Crippen molar-refractivity contribution in [2.24, 2.45) is 0 Å². The molecule has 1 aromatic rings. The molecule has 0 aliphatic carbocycles. The van der Waals surface area contributed by atoms with Gasteiger partial charge in [0.15, 0.2) is 9.84 Å². The van der Waals surface area contributed by atoms with Crippen LogP contribution in [0.4, 0.5) is 0 Å². The van der Waals surface area contributed by atoms with Crippen LogP contribution in [-0.4, -0.2) is 26.8 Å². The van der Waals surface area contributed by atoms with Gasteiger partial charge < -0.3 is 5.32 Å². The molecule has 3 nitrogen and oxygen atoms in total. The van der Waals surface area contributed by atoms with Gasteiger partial charge in [0, 0.05) is 6.04 Å². The van der Waals surface area contributed by atoms with E-state index in [1.54, 1.807) is 12.1 Å². The Morgan fingerprint density at radius 1 is 1.11 bits per heavy atom. The average molecular weight is 269 g/mol. The quantitative estimate of drug-likeness (QED) is 0.774. The van der Waals surface area contributed by atoms with Crippen LogP contribution in [0.5, 0.6) is 0 Å².